The summed E-state index contributed by atoms with van der Waals surface area (Å²) in [4.78, 5) is 12.3. The molecule has 140 valence electrons. The number of nitrogens with one attached hydrogen (secondary N) is 1. The van der Waals surface area contributed by atoms with E-state index in [9.17, 15) is 20.3 Å². The number of nitro groups is 1. The minimum Gasteiger partial charge on any atom is -0.394 e. The van der Waals surface area contributed by atoms with Crippen LogP contribution in [0.4, 0.5) is 5.69 Å². The van der Waals surface area contributed by atoms with Crippen molar-refractivity contribution in [2.45, 2.75) is 43.9 Å². The van der Waals surface area contributed by atoms with Crippen molar-refractivity contribution in [1.82, 2.24) is 20.0 Å². The van der Waals surface area contributed by atoms with Gasteiger partial charge in [0.15, 0.2) is 0 Å². The molecule has 1 aliphatic heterocycles. The average molecular weight is 353 g/mol. The van der Waals surface area contributed by atoms with Crippen molar-refractivity contribution in [3.05, 3.63) is 22.5 Å². The lowest BCUT2D eigenvalue weighted by atomic mass is 9.88. The standard InChI is InChI=1S/C16H27N5O4/c22-12-16(17-7-13-1-2-13)3-5-19(6-4-16)10-15(23)11-20-9-14(8-18-20)21(24)25/h8-9,13,15,17,22-23H,1-7,10-12H2. The summed E-state index contributed by atoms with van der Waals surface area (Å²) >= 11 is 0. The van der Waals surface area contributed by atoms with E-state index in [-0.39, 0.29) is 24.4 Å². The molecule has 9 heteroatoms. The number of hydrogen-bond donors (Lipinski definition) is 3. The second-order valence-electron chi connectivity index (χ2n) is 7.39. The molecule has 3 N–H and O–H groups in total. The minimum absolute atomic E-state index is 0.0698. The Kier molecular flexibility index (Phi) is 5.67. The van der Waals surface area contributed by atoms with Gasteiger partial charge in [0.1, 0.15) is 12.4 Å². The van der Waals surface area contributed by atoms with Gasteiger partial charge in [-0.3, -0.25) is 14.8 Å². The van der Waals surface area contributed by atoms with E-state index in [0.29, 0.717) is 6.54 Å². The molecule has 0 amide bonds. The fraction of sp³-hybridized carbons (Fsp3) is 0.812. The molecule has 0 aromatic carbocycles. The summed E-state index contributed by atoms with van der Waals surface area (Å²) in [6.45, 7) is 3.49. The first-order chi connectivity index (χ1) is 12.0. The Morgan fingerprint density at radius 2 is 2.12 bits per heavy atom. The number of aromatic nitrogens is 2. The minimum atomic E-state index is -0.638. The fourth-order valence-electron chi connectivity index (χ4n) is 3.36. The first-order valence-electron chi connectivity index (χ1n) is 8.93. The highest BCUT2D eigenvalue weighted by Gasteiger charge is 2.35. The van der Waals surface area contributed by atoms with Gasteiger partial charge >= 0.3 is 5.69 Å². The summed E-state index contributed by atoms with van der Waals surface area (Å²) in [5, 5.41) is 38.1. The molecule has 3 rings (SSSR count). The van der Waals surface area contributed by atoms with Gasteiger partial charge in [-0.05, 0) is 38.1 Å². The van der Waals surface area contributed by atoms with Gasteiger partial charge in [0, 0.05) is 25.2 Å². The van der Waals surface area contributed by atoms with Crippen molar-refractivity contribution in [3.63, 3.8) is 0 Å². The molecule has 1 saturated heterocycles. The molecule has 1 aromatic rings. The van der Waals surface area contributed by atoms with Gasteiger partial charge in [-0.25, -0.2) is 0 Å². The van der Waals surface area contributed by atoms with Crippen LogP contribution >= 0.6 is 0 Å². The van der Waals surface area contributed by atoms with Crippen LogP contribution in [0.3, 0.4) is 0 Å². The molecule has 2 aliphatic rings. The summed E-state index contributed by atoms with van der Waals surface area (Å²) in [5.74, 6) is 0.779. The Hall–Kier alpha value is -1.55. The third kappa shape index (κ3) is 4.97. The predicted molar refractivity (Wildman–Crippen MR) is 91.1 cm³/mol. The maximum atomic E-state index is 10.7. The zero-order valence-electron chi connectivity index (χ0n) is 14.4. The van der Waals surface area contributed by atoms with E-state index in [4.69, 9.17) is 0 Å². The van der Waals surface area contributed by atoms with E-state index in [1.807, 2.05) is 0 Å². The maximum Gasteiger partial charge on any atom is 0.306 e. The molecule has 1 atom stereocenters. The summed E-state index contributed by atoms with van der Waals surface area (Å²) in [6.07, 6.45) is 6.18. The van der Waals surface area contributed by atoms with Crippen LogP contribution < -0.4 is 5.32 Å². The lowest BCUT2D eigenvalue weighted by Crippen LogP contribution is -2.57. The summed E-state index contributed by atoms with van der Waals surface area (Å²) in [5.41, 5.74) is -0.258. The van der Waals surface area contributed by atoms with Gasteiger partial charge in [-0.1, -0.05) is 0 Å². The first-order valence-corrected chi connectivity index (χ1v) is 8.93. The summed E-state index contributed by atoms with van der Waals surface area (Å²) < 4.78 is 1.40. The Labute approximate surface area is 146 Å². The predicted octanol–water partition coefficient (Wildman–Crippen LogP) is -0.0213. The second-order valence-corrected chi connectivity index (χ2v) is 7.39. The van der Waals surface area contributed by atoms with Gasteiger partial charge in [-0.15, -0.1) is 0 Å². The molecule has 9 nitrogen and oxygen atoms in total. The Balaban J connectivity index is 1.43. The molecule has 2 heterocycles. The second kappa shape index (κ2) is 7.77. The molecule has 1 unspecified atom stereocenters. The molecular weight excluding hydrogens is 326 g/mol. The molecule has 1 aliphatic carbocycles. The van der Waals surface area contributed by atoms with Gasteiger partial charge in [0.05, 0.1) is 24.2 Å². The Morgan fingerprint density at radius 1 is 1.40 bits per heavy atom. The number of β-amino-alcohol motifs (C(OH)–C–C–N with tert-alkyl or cyclic N) is 1. The molecule has 25 heavy (non-hydrogen) atoms. The smallest absolute Gasteiger partial charge is 0.306 e. The van der Waals surface area contributed by atoms with Gasteiger partial charge in [0.25, 0.3) is 0 Å². The van der Waals surface area contributed by atoms with Crippen LogP contribution in [-0.2, 0) is 6.54 Å². The average Bonchev–Trinajstić information content (AvgIpc) is 3.31. The van der Waals surface area contributed by atoms with Crippen molar-refractivity contribution in [2.24, 2.45) is 5.92 Å². The number of aliphatic hydroxyl groups excluding tert-OH is 2. The molecule has 1 aromatic heterocycles. The van der Waals surface area contributed by atoms with Crippen molar-refractivity contribution in [2.75, 3.05) is 32.8 Å². The number of rotatable bonds is 9. The lowest BCUT2D eigenvalue weighted by molar-refractivity contribution is -0.385. The van der Waals surface area contributed by atoms with E-state index in [1.54, 1.807) is 0 Å². The van der Waals surface area contributed by atoms with Crippen LogP contribution in [0, 0.1) is 16.0 Å². The van der Waals surface area contributed by atoms with Crippen LogP contribution in [-0.4, -0.2) is 74.2 Å². The largest absolute Gasteiger partial charge is 0.394 e. The fourth-order valence-corrected chi connectivity index (χ4v) is 3.36. The molecule has 0 bridgehead atoms. The van der Waals surface area contributed by atoms with Crippen molar-refractivity contribution >= 4 is 5.69 Å². The van der Waals surface area contributed by atoms with Crippen LogP contribution in [0.5, 0.6) is 0 Å². The highest BCUT2D eigenvalue weighted by atomic mass is 16.6. The normalized spacial score (nSPS) is 22.0. The van der Waals surface area contributed by atoms with E-state index in [0.717, 1.165) is 38.4 Å². The van der Waals surface area contributed by atoms with Crippen molar-refractivity contribution in [1.29, 1.82) is 0 Å². The highest BCUT2D eigenvalue weighted by molar-refractivity contribution is 5.20. The number of likely N-dealkylation sites (tertiary alicyclic amines) is 1. The van der Waals surface area contributed by atoms with E-state index < -0.39 is 11.0 Å². The molecular formula is C16H27N5O4. The van der Waals surface area contributed by atoms with Crippen molar-refractivity contribution < 1.29 is 15.1 Å². The third-order valence-electron chi connectivity index (χ3n) is 5.28. The molecule has 1 saturated carbocycles. The monoisotopic (exact) mass is 353 g/mol. The zero-order chi connectivity index (χ0) is 17.9. The summed E-state index contributed by atoms with van der Waals surface area (Å²) in [7, 11) is 0. The molecule has 2 fully saturated rings. The highest BCUT2D eigenvalue weighted by Crippen LogP contribution is 2.30. The third-order valence-corrected chi connectivity index (χ3v) is 5.28. The quantitative estimate of drug-likeness (QED) is 0.422. The van der Waals surface area contributed by atoms with E-state index >= 15 is 0 Å². The van der Waals surface area contributed by atoms with Crippen molar-refractivity contribution in [3.8, 4) is 0 Å². The number of piperidine rings is 1. The number of aliphatic hydroxyl groups is 2. The number of hydrogen-bond acceptors (Lipinski definition) is 7. The number of nitrogens with zero attached hydrogens (tertiary/aromatic N) is 4. The van der Waals surface area contributed by atoms with Crippen LogP contribution in [0.15, 0.2) is 12.4 Å². The Bertz CT molecular complexity index is 581. The van der Waals surface area contributed by atoms with Crippen LogP contribution in [0.25, 0.3) is 0 Å². The Morgan fingerprint density at radius 3 is 2.68 bits per heavy atom. The first kappa shape index (κ1) is 18.2. The van der Waals surface area contributed by atoms with Gasteiger partial charge < -0.3 is 20.4 Å². The van der Waals surface area contributed by atoms with Crippen LogP contribution in [0.1, 0.15) is 25.7 Å². The molecule has 0 radical (unpaired) electrons. The van der Waals surface area contributed by atoms with Gasteiger partial charge in [-0.2, -0.15) is 5.10 Å². The lowest BCUT2D eigenvalue weighted by Gasteiger charge is -2.42. The topological polar surface area (TPSA) is 117 Å². The van der Waals surface area contributed by atoms with E-state index in [1.165, 1.54) is 29.9 Å². The zero-order valence-corrected chi connectivity index (χ0v) is 14.4. The van der Waals surface area contributed by atoms with E-state index in [2.05, 4.69) is 15.3 Å². The van der Waals surface area contributed by atoms with Crippen LogP contribution in [0.2, 0.25) is 0 Å². The van der Waals surface area contributed by atoms with Gasteiger partial charge in [0.2, 0.25) is 0 Å². The SMILES string of the molecule is O=[N+]([O-])c1cnn(CC(O)CN2CCC(CO)(NCC3CC3)CC2)c1. The summed E-state index contributed by atoms with van der Waals surface area (Å²) in [6, 6.07) is 0. The maximum absolute atomic E-state index is 10.7. The molecule has 0 spiro atoms.